The molecule has 1 N–H and O–H groups in total. The van der Waals surface area contributed by atoms with Crippen LogP contribution in [-0.2, 0) is 11.2 Å². The van der Waals surface area contributed by atoms with E-state index in [0.717, 1.165) is 5.52 Å². The van der Waals surface area contributed by atoms with Crippen LogP contribution in [0.5, 0.6) is 0 Å². The molecule has 2 rings (SSSR count). The molecule has 1 heterocycles. The third-order valence-corrected chi connectivity index (χ3v) is 2.54. The fourth-order valence-corrected chi connectivity index (χ4v) is 1.72. The molecule has 1 aromatic heterocycles. The predicted molar refractivity (Wildman–Crippen MR) is 61.6 cm³/mol. The lowest BCUT2D eigenvalue weighted by molar-refractivity contribution is 0.0183. The number of aromatic nitrogens is 2. The summed E-state index contributed by atoms with van der Waals surface area (Å²) in [5.74, 6) is 0.683. The minimum Gasteiger partial charge on any atom is -0.375 e. The number of ether oxygens (including phenoxy) is 1. The normalized spacial score (nSPS) is 11.5. The summed E-state index contributed by atoms with van der Waals surface area (Å²) in [7, 11) is 0. The van der Waals surface area contributed by atoms with Crippen LogP contribution in [0.25, 0.3) is 11.0 Å². The Kier molecular flexibility index (Phi) is 3.91. The van der Waals surface area contributed by atoms with E-state index in [4.69, 9.17) is 16.3 Å². The van der Waals surface area contributed by atoms with Crippen molar-refractivity contribution in [3.05, 3.63) is 29.0 Å². The topological polar surface area (TPSA) is 37.9 Å². The fourth-order valence-electron chi connectivity index (χ4n) is 1.51. The summed E-state index contributed by atoms with van der Waals surface area (Å²) < 4.78 is 28.4. The average Bonchev–Trinajstić information content (AvgIpc) is 2.69. The highest BCUT2D eigenvalue weighted by Gasteiger charge is 2.06. The molecular formula is C11H11ClF2N2O. The van der Waals surface area contributed by atoms with Gasteiger partial charge in [-0.15, -0.1) is 0 Å². The third kappa shape index (κ3) is 3.14. The van der Waals surface area contributed by atoms with E-state index in [2.05, 4.69) is 9.97 Å². The first kappa shape index (κ1) is 12.3. The lowest BCUT2D eigenvalue weighted by Gasteiger charge is -2.00. The average molecular weight is 261 g/mol. The Hall–Kier alpha value is -1.20. The smallest absolute Gasteiger partial charge is 0.261 e. The van der Waals surface area contributed by atoms with Gasteiger partial charge >= 0.3 is 0 Å². The van der Waals surface area contributed by atoms with Gasteiger partial charge in [-0.05, 0) is 12.1 Å². The number of hydrogen-bond acceptors (Lipinski definition) is 2. The van der Waals surface area contributed by atoms with Crippen molar-refractivity contribution in [2.24, 2.45) is 0 Å². The number of alkyl halides is 2. The first-order valence-electron chi connectivity index (χ1n) is 5.16. The zero-order valence-corrected chi connectivity index (χ0v) is 9.68. The van der Waals surface area contributed by atoms with Gasteiger partial charge in [-0.25, -0.2) is 13.8 Å². The van der Waals surface area contributed by atoms with Gasteiger partial charge in [0.05, 0.1) is 17.1 Å². The van der Waals surface area contributed by atoms with E-state index < -0.39 is 13.0 Å². The second kappa shape index (κ2) is 5.42. The third-order valence-electron chi connectivity index (χ3n) is 2.24. The van der Waals surface area contributed by atoms with Gasteiger partial charge in [0.1, 0.15) is 17.9 Å². The standard InChI is InChI=1S/C11H11ClF2N2O/c12-7-2-1-3-8-11(7)16-10(15-8)4-5-17-6-9(13)14/h1-3,9H,4-6H2,(H,15,16). The van der Waals surface area contributed by atoms with Crippen molar-refractivity contribution in [3.63, 3.8) is 0 Å². The van der Waals surface area contributed by atoms with Crippen LogP contribution in [0, 0.1) is 0 Å². The summed E-state index contributed by atoms with van der Waals surface area (Å²) >= 11 is 5.96. The summed E-state index contributed by atoms with van der Waals surface area (Å²) in [6.45, 7) is -0.331. The van der Waals surface area contributed by atoms with Crippen molar-refractivity contribution in [2.75, 3.05) is 13.2 Å². The van der Waals surface area contributed by atoms with Crippen LogP contribution in [0.2, 0.25) is 5.02 Å². The Balaban J connectivity index is 1.98. The molecule has 0 saturated heterocycles. The Morgan fingerprint density at radius 1 is 1.41 bits per heavy atom. The summed E-state index contributed by atoms with van der Waals surface area (Å²) in [6, 6.07) is 5.43. The molecule has 0 aliphatic rings. The molecule has 0 aliphatic heterocycles. The van der Waals surface area contributed by atoms with Gasteiger partial charge in [-0.1, -0.05) is 17.7 Å². The molecule has 2 aromatic rings. The van der Waals surface area contributed by atoms with Crippen LogP contribution in [0.1, 0.15) is 5.82 Å². The molecule has 0 radical (unpaired) electrons. The zero-order valence-electron chi connectivity index (χ0n) is 8.92. The summed E-state index contributed by atoms with van der Waals surface area (Å²) in [5, 5.41) is 0.568. The SMILES string of the molecule is FC(F)COCCc1nc2c(Cl)cccc2[nH]1. The quantitative estimate of drug-likeness (QED) is 0.839. The van der Waals surface area contributed by atoms with Crippen LogP contribution < -0.4 is 0 Å². The first-order chi connectivity index (χ1) is 8.16. The second-order valence-corrected chi connectivity index (χ2v) is 3.94. The molecule has 0 aliphatic carbocycles. The molecule has 6 heteroatoms. The Bertz CT molecular complexity index is 501. The number of hydrogen-bond donors (Lipinski definition) is 1. The highest BCUT2D eigenvalue weighted by molar-refractivity contribution is 6.34. The van der Waals surface area contributed by atoms with E-state index in [1.807, 2.05) is 12.1 Å². The monoisotopic (exact) mass is 260 g/mol. The molecule has 0 bridgehead atoms. The van der Waals surface area contributed by atoms with E-state index in [9.17, 15) is 8.78 Å². The maximum atomic E-state index is 11.8. The number of nitrogens with zero attached hydrogens (tertiary/aromatic N) is 1. The van der Waals surface area contributed by atoms with Crippen LogP contribution in [0.15, 0.2) is 18.2 Å². The van der Waals surface area contributed by atoms with Crippen molar-refractivity contribution in [1.82, 2.24) is 9.97 Å². The van der Waals surface area contributed by atoms with Crippen LogP contribution in [-0.4, -0.2) is 29.6 Å². The minimum atomic E-state index is -2.43. The number of halogens is 3. The van der Waals surface area contributed by atoms with Gasteiger partial charge < -0.3 is 9.72 Å². The summed E-state index contributed by atoms with van der Waals surface area (Å²) in [5.41, 5.74) is 1.53. The number of rotatable bonds is 5. The number of imidazole rings is 1. The Labute approximate surface area is 102 Å². The van der Waals surface area contributed by atoms with Gasteiger partial charge in [0.25, 0.3) is 6.43 Å². The lowest BCUT2D eigenvalue weighted by atomic mass is 10.3. The Morgan fingerprint density at radius 3 is 2.94 bits per heavy atom. The van der Waals surface area contributed by atoms with E-state index >= 15 is 0 Å². The molecule has 92 valence electrons. The maximum Gasteiger partial charge on any atom is 0.261 e. The van der Waals surface area contributed by atoms with E-state index in [-0.39, 0.29) is 6.61 Å². The Morgan fingerprint density at radius 2 is 2.24 bits per heavy atom. The van der Waals surface area contributed by atoms with Crippen LogP contribution in [0.4, 0.5) is 8.78 Å². The largest absolute Gasteiger partial charge is 0.375 e. The molecule has 17 heavy (non-hydrogen) atoms. The highest BCUT2D eigenvalue weighted by Crippen LogP contribution is 2.20. The summed E-state index contributed by atoms with van der Waals surface area (Å²) in [4.78, 5) is 7.34. The number of aromatic amines is 1. The fraction of sp³-hybridized carbons (Fsp3) is 0.364. The van der Waals surface area contributed by atoms with E-state index in [0.29, 0.717) is 22.8 Å². The molecule has 0 amide bonds. The summed E-state index contributed by atoms with van der Waals surface area (Å²) in [6.07, 6.45) is -1.97. The number of H-pyrrole nitrogens is 1. The molecule has 0 spiro atoms. The van der Waals surface area contributed by atoms with Crippen molar-refractivity contribution < 1.29 is 13.5 Å². The first-order valence-corrected chi connectivity index (χ1v) is 5.53. The van der Waals surface area contributed by atoms with Crippen LogP contribution >= 0.6 is 11.6 Å². The molecule has 0 fully saturated rings. The van der Waals surface area contributed by atoms with Gasteiger partial charge in [0.15, 0.2) is 0 Å². The van der Waals surface area contributed by atoms with Gasteiger partial charge in [0, 0.05) is 6.42 Å². The van der Waals surface area contributed by atoms with E-state index in [1.165, 1.54) is 0 Å². The maximum absolute atomic E-state index is 11.8. The second-order valence-electron chi connectivity index (χ2n) is 3.54. The molecule has 0 saturated carbocycles. The molecule has 3 nitrogen and oxygen atoms in total. The molecule has 0 atom stereocenters. The number of para-hydroxylation sites is 1. The van der Waals surface area contributed by atoms with Gasteiger partial charge in [-0.3, -0.25) is 0 Å². The van der Waals surface area contributed by atoms with E-state index in [1.54, 1.807) is 6.07 Å². The van der Waals surface area contributed by atoms with Crippen molar-refractivity contribution in [2.45, 2.75) is 12.8 Å². The van der Waals surface area contributed by atoms with Crippen LogP contribution in [0.3, 0.4) is 0 Å². The van der Waals surface area contributed by atoms with Crippen molar-refractivity contribution in [1.29, 1.82) is 0 Å². The number of fused-ring (bicyclic) bond motifs is 1. The molecule has 0 unspecified atom stereocenters. The molecular weight excluding hydrogens is 250 g/mol. The number of benzene rings is 1. The van der Waals surface area contributed by atoms with Crippen molar-refractivity contribution >= 4 is 22.6 Å². The van der Waals surface area contributed by atoms with Gasteiger partial charge in [0.2, 0.25) is 0 Å². The predicted octanol–water partition coefficient (Wildman–Crippen LogP) is 3.04. The molecule has 1 aromatic carbocycles. The lowest BCUT2D eigenvalue weighted by Crippen LogP contribution is -2.07. The highest BCUT2D eigenvalue weighted by atomic mass is 35.5. The van der Waals surface area contributed by atoms with Gasteiger partial charge in [-0.2, -0.15) is 0 Å². The van der Waals surface area contributed by atoms with Crippen molar-refractivity contribution in [3.8, 4) is 0 Å². The zero-order chi connectivity index (χ0) is 12.3. The number of nitrogens with one attached hydrogen (secondary N) is 1. The minimum absolute atomic E-state index is 0.210.